The van der Waals surface area contributed by atoms with Crippen molar-refractivity contribution in [3.8, 4) is 0 Å². The molecule has 1 N–H and O–H groups in total. The van der Waals surface area contributed by atoms with Gasteiger partial charge in [-0.25, -0.2) is 8.42 Å². The zero-order valence-corrected chi connectivity index (χ0v) is 18.5. The van der Waals surface area contributed by atoms with E-state index in [-0.39, 0.29) is 18.9 Å². The highest BCUT2D eigenvalue weighted by Crippen LogP contribution is 2.28. The molecule has 0 saturated carbocycles. The highest BCUT2D eigenvalue weighted by atomic mass is 32.2. The zero-order chi connectivity index (χ0) is 22.1. The van der Waals surface area contributed by atoms with E-state index in [0.717, 1.165) is 16.3 Å². The van der Waals surface area contributed by atoms with Gasteiger partial charge in [0.05, 0.1) is 25.2 Å². The van der Waals surface area contributed by atoms with Crippen molar-refractivity contribution >= 4 is 32.4 Å². The van der Waals surface area contributed by atoms with Crippen molar-refractivity contribution < 1.29 is 17.9 Å². The largest absolute Gasteiger partial charge is 0.375 e. The van der Waals surface area contributed by atoms with E-state index in [4.69, 9.17) is 4.74 Å². The Kier molecular flexibility index (Phi) is 8.03. The number of rotatable bonds is 11. The van der Waals surface area contributed by atoms with Gasteiger partial charge >= 0.3 is 0 Å². The first-order valence-electron chi connectivity index (χ1n) is 10.3. The van der Waals surface area contributed by atoms with E-state index in [2.05, 4.69) is 5.32 Å². The fourth-order valence-electron chi connectivity index (χ4n) is 3.39. The maximum Gasteiger partial charge on any atom is 0.232 e. The van der Waals surface area contributed by atoms with Gasteiger partial charge in [-0.15, -0.1) is 0 Å². The minimum absolute atomic E-state index is 0.116. The molecule has 0 atom stereocenters. The van der Waals surface area contributed by atoms with Crippen molar-refractivity contribution in [2.24, 2.45) is 0 Å². The molecule has 0 bridgehead atoms. The summed E-state index contributed by atoms with van der Waals surface area (Å²) in [4.78, 5) is 12.1. The van der Waals surface area contributed by atoms with Crippen LogP contribution in [0.4, 0.5) is 5.69 Å². The fourth-order valence-corrected chi connectivity index (χ4v) is 4.37. The molecule has 7 heteroatoms. The Morgan fingerprint density at radius 1 is 0.968 bits per heavy atom. The summed E-state index contributed by atoms with van der Waals surface area (Å²) in [5.41, 5.74) is 1.72. The van der Waals surface area contributed by atoms with Crippen molar-refractivity contribution in [3.63, 3.8) is 0 Å². The van der Waals surface area contributed by atoms with Crippen LogP contribution in [0, 0.1) is 0 Å². The summed E-state index contributed by atoms with van der Waals surface area (Å²) < 4.78 is 31.8. The number of nitrogens with zero attached hydrogens (tertiary/aromatic N) is 1. The van der Waals surface area contributed by atoms with Crippen LogP contribution in [0.3, 0.4) is 0 Å². The molecule has 0 aromatic heterocycles. The Balaban J connectivity index is 1.47. The molecular weight excluding hydrogens is 412 g/mol. The summed E-state index contributed by atoms with van der Waals surface area (Å²) in [6, 6.07) is 23.1. The van der Waals surface area contributed by atoms with Crippen LogP contribution < -0.4 is 9.62 Å². The van der Waals surface area contributed by atoms with Crippen LogP contribution in [0.1, 0.15) is 18.4 Å². The lowest BCUT2D eigenvalue weighted by atomic mass is 10.1. The summed E-state index contributed by atoms with van der Waals surface area (Å²) in [6.07, 6.45) is 1.86. The highest BCUT2D eigenvalue weighted by Gasteiger charge is 2.19. The average molecular weight is 441 g/mol. The third-order valence-corrected chi connectivity index (χ3v) is 6.06. The topological polar surface area (TPSA) is 75.7 Å². The number of anilines is 1. The first kappa shape index (κ1) is 22.8. The van der Waals surface area contributed by atoms with Crippen molar-refractivity contribution in [2.75, 3.05) is 30.3 Å². The van der Waals surface area contributed by atoms with Crippen LogP contribution in [0.25, 0.3) is 10.8 Å². The summed E-state index contributed by atoms with van der Waals surface area (Å²) in [6.45, 7) is 1.59. The monoisotopic (exact) mass is 440 g/mol. The van der Waals surface area contributed by atoms with Crippen LogP contribution in [-0.2, 0) is 26.2 Å². The first-order valence-corrected chi connectivity index (χ1v) is 12.1. The molecule has 0 aliphatic rings. The van der Waals surface area contributed by atoms with E-state index < -0.39 is 10.0 Å². The van der Waals surface area contributed by atoms with Crippen molar-refractivity contribution in [2.45, 2.75) is 19.4 Å². The van der Waals surface area contributed by atoms with Gasteiger partial charge in [0.1, 0.15) is 0 Å². The van der Waals surface area contributed by atoms with E-state index in [1.165, 1.54) is 10.6 Å². The molecule has 0 aliphatic heterocycles. The third kappa shape index (κ3) is 6.80. The van der Waals surface area contributed by atoms with Crippen LogP contribution in [-0.4, -0.2) is 40.3 Å². The molecule has 3 aromatic rings. The molecule has 0 heterocycles. The number of sulfonamides is 1. The number of hydrogen-bond acceptors (Lipinski definition) is 4. The fraction of sp³-hybridized carbons (Fsp3) is 0.292. The van der Waals surface area contributed by atoms with Crippen LogP contribution >= 0.6 is 0 Å². The molecule has 0 spiro atoms. The molecule has 31 heavy (non-hydrogen) atoms. The molecular formula is C24H28N2O4S. The Morgan fingerprint density at radius 3 is 2.45 bits per heavy atom. The lowest BCUT2D eigenvalue weighted by molar-refractivity contribution is -0.121. The van der Waals surface area contributed by atoms with Crippen molar-refractivity contribution in [1.82, 2.24) is 5.32 Å². The maximum atomic E-state index is 12.4. The number of fused-ring (bicyclic) bond motifs is 1. The van der Waals surface area contributed by atoms with Crippen LogP contribution in [0.5, 0.6) is 0 Å². The van der Waals surface area contributed by atoms with Crippen molar-refractivity contribution in [1.29, 1.82) is 0 Å². The number of carbonyl (C=O) groups is 1. The molecule has 0 saturated heterocycles. The highest BCUT2D eigenvalue weighted by molar-refractivity contribution is 7.92. The normalized spacial score (nSPS) is 11.4. The molecule has 0 fully saturated rings. The Labute approximate surface area is 183 Å². The van der Waals surface area contributed by atoms with Gasteiger partial charge in [-0.1, -0.05) is 66.7 Å². The number of benzene rings is 3. The number of carbonyl (C=O) groups excluding carboxylic acids is 1. The molecule has 6 nitrogen and oxygen atoms in total. The minimum Gasteiger partial charge on any atom is -0.375 e. The second-order valence-electron chi connectivity index (χ2n) is 7.33. The third-order valence-electron chi connectivity index (χ3n) is 4.88. The lowest BCUT2D eigenvalue weighted by Crippen LogP contribution is -2.32. The number of ether oxygens (including phenoxy) is 1. The Bertz CT molecular complexity index is 1100. The van der Waals surface area contributed by atoms with Gasteiger partial charge in [-0.05, 0) is 23.4 Å². The lowest BCUT2D eigenvalue weighted by Gasteiger charge is -2.24. The summed E-state index contributed by atoms with van der Waals surface area (Å²) in [5, 5.41) is 4.66. The molecule has 164 valence electrons. The van der Waals surface area contributed by atoms with E-state index >= 15 is 0 Å². The zero-order valence-electron chi connectivity index (χ0n) is 17.7. The number of amides is 1. The van der Waals surface area contributed by atoms with Gasteiger partial charge in [0.25, 0.3) is 0 Å². The van der Waals surface area contributed by atoms with Gasteiger partial charge in [0.2, 0.25) is 15.9 Å². The number of nitrogens with one attached hydrogen (secondary N) is 1. The first-order chi connectivity index (χ1) is 14.9. The average Bonchev–Trinajstić information content (AvgIpc) is 2.76. The number of hydrogen-bond donors (Lipinski definition) is 1. The molecule has 0 radical (unpaired) electrons. The van der Waals surface area contributed by atoms with E-state index in [1.54, 1.807) is 6.07 Å². The van der Waals surface area contributed by atoms with Gasteiger partial charge in [-0.2, -0.15) is 0 Å². The maximum absolute atomic E-state index is 12.4. The molecule has 0 unspecified atom stereocenters. The predicted molar refractivity (Wildman–Crippen MR) is 124 cm³/mol. The SMILES string of the molecule is CS(=O)(=O)N(CCCC(=O)NCCOCc1ccccc1)c1cccc2ccccc12. The smallest absolute Gasteiger partial charge is 0.232 e. The van der Waals surface area contributed by atoms with Crippen LogP contribution in [0.2, 0.25) is 0 Å². The quantitative estimate of drug-likeness (QED) is 0.461. The van der Waals surface area contributed by atoms with E-state index in [9.17, 15) is 13.2 Å². The summed E-state index contributed by atoms with van der Waals surface area (Å²) in [5.74, 6) is -0.116. The Morgan fingerprint density at radius 2 is 1.68 bits per heavy atom. The second kappa shape index (κ2) is 10.9. The molecule has 1 amide bonds. The molecule has 3 rings (SSSR count). The van der Waals surface area contributed by atoms with Gasteiger partial charge in [-0.3, -0.25) is 9.10 Å². The van der Waals surface area contributed by atoms with Gasteiger partial charge < -0.3 is 10.1 Å². The standard InChI is InChI=1S/C24H28N2O4S/c1-31(28,29)26(23-14-7-12-21-11-5-6-13-22(21)23)17-8-15-24(27)25-16-18-30-19-20-9-3-2-4-10-20/h2-7,9-14H,8,15-19H2,1H3,(H,25,27). The van der Waals surface area contributed by atoms with Crippen LogP contribution in [0.15, 0.2) is 72.8 Å². The predicted octanol–water partition coefficient (Wildman–Crippen LogP) is 3.72. The van der Waals surface area contributed by atoms with E-state index in [1.807, 2.05) is 66.7 Å². The minimum atomic E-state index is -3.48. The Hall–Kier alpha value is -2.90. The molecule has 0 aliphatic carbocycles. The van der Waals surface area contributed by atoms with Crippen molar-refractivity contribution in [3.05, 3.63) is 78.4 Å². The summed E-state index contributed by atoms with van der Waals surface area (Å²) >= 11 is 0. The summed E-state index contributed by atoms with van der Waals surface area (Å²) in [7, 11) is -3.48. The second-order valence-corrected chi connectivity index (χ2v) is 9.23. The van der Waals surface area contributed by atoms with E-state index in [0.29, 0.717) is 31.9 Å². The van der Waals surface area contributed by atoms with Gasteiger partial charge in [0, 0.05) is 24.9 Å². The van der Waals surface area contributed by atoms with Gasteiger partial charge in [0.15, 0.2) is 0 Å². The molecule has 3 aromatic carbocycles.